The molecule has 4 aromatic rings. The van der Waals surface area contributed by atoms with Crippen LogP contribution in [0.4, 0.5) is 5.82 Å². The number of benzene rings is 1. The van der Waals surface area contributed by atoms with Crippen LogP contribution in [0.15, 0.2) is 36.8 Å². The lowest BCUT2D eigenvalue weighted by molar-refractivity contribution is 0.102. The first-order valence-electron chi connectivity index (χ1n) is 7.81. The van der Waals surface area contributed by atoms with Gasteiger partial charge in [-0.25, -0.2) is 14.6 Å². The predicted molar refractivity (Wildman–Crippen MR) is 97.7 cm³/mol. The van der Waals surface area contributed by atoms with Crippen molar-refractivity contribution in [1.82, 2.24) is 29.9 Å². The number of nitrogens with zero attached hydrogens (tertiary/aromatic N) is 5. The Morgan fingerprint density at radius 1 is 1.27 bits per heavy atom. The van der Waals surface area contributed by atoms with Crippen LogP contribution in [0.25, 0.3) is 16.7 Å². The molecule has 8 nitrogen and oxygen atoms in total. The highest BCUT2D eigenvalue weighted by molar-refractivity contribution is 6.30. The second kappa shape index (κ2) is 6.23. The molecule has 130 valence electrons. The zero-order valence-corrected chi connectivity index (χ0v) is 14.7. The highest BCUT2D eigenvalue weighted by Gasteiger charge is 2.19. The van der Waals surface area contributed by atoms with Crippen molar-refractivity contribution in [1.29, 1.82) is 0 Å². The van der Waals surface area contributed by atoms with Crippen molar-refractivity contribution in [2.45, 2.75) is 13.8 Å². The molecule has 0 saturated heterocycles. The molecule has 1 aromatic carbocycles. The largest absolute Gasteiger partial charge is 0.305 e. The number of fused-ring (bicyclic) bond motifs is 1. The number of rotatable bonds is 3. The lowest BCUT2D eigenvalue weighted by Gasteiger charge is -2.11. The maximum absolute atomic E-state index is 12.7. The van der Waals surface area contributed by atoms with E-state index in [-0.39, 0.29) is 5.69 Å². The quantitative estimate of drug-likeness (QED) is 0.579. The summed E-state index contributed by atoms with van der Waals surface area (Å²) in [4.78, 5) is 20.7. The molecule has 0 unspecified atom stereocenters. The van der Waals surface area contributed by atoms with Gasteiger partial charge in [-0.15, -0.1) is 0 Å². The van der Waals surface area contributed by atoms with E-state index >= 15 is 0 Å². The maximum atomic E-state index is 12.7. The Bertz CT molecular complexity index is 1130. The van der Waals surface area contributed by atoms with Crippen LogP contribution in [0.3, 0.4) is 0 Å². The lowest BCUT2D eigenvalue weighted by Crippen LogP contribution is -2.16. The molecule has 9 heteroatoms. The molecule has 0 atom stereocenters. The predicted octanol–water partition coefficient (Wildman–Crippen LogP) is 3.06. The van der Waals surface area contributed by atoms with Gasteiger partial charge in [0.05, 0.1) is 17.6 Å². The van der Waals surface area contributed by atoms with E-state index in [0.29, 0.717) is 21.9 Å². The molecule has 0 spiro atoms. The Hall–Kier alpha value is -3.26. The summed E-state index contributed by atoms with van der Waals surface area (Å²) < 4.78 is 1.65. The Morgan fingerprint density at radius 2 is 2.12 bits per heavy atom. The fourth-order valence-corrected chi connectivity index (χ4v) is 2.85. The van der Waals surface area contributed by atoms with Gasteiger partial charge >= 0.3 is 0 Å². The smallest absolute Gasteiger partial charge is 0.279 e. The highest BCUT2D eigenvalue weighted by atomic mass is 35.5. The summed E-state index contributed by atoms with van der Waals surface area (Å²) in [5, 5.41) is 14.7. The number of aryl methyl sites for hydroxylation is 2. The summed E-state index contributed by atoms with van der Waals surface area (Å²) in [5.74, 6) is 0.124. The Kier molecular flexibility index (Phi) is 3.89. The minimum Gasteiger partial charge on any atom is -0.305 e. The number of H-pyrrole nitrogens is 1. The topological polar surface area (TPSA) is 101 Å². The maximum Gasteiger partial charge on any atom is 0.279 e. The van der Waals surface area contributed by atoms with Crippen molar-refractivity contribution in [2.75, 3.05) is 5.32 Å². The van der Waals surface area contributed by atoms with E-state index in [1.807, 2.05) is 26.0 Å². The summed E-state index contributed by atoms with van der Waals surface area (Å²) in [5.41, 5.74) is 3.76. The molecule has 3 aromatic heterocycles. The molecule has 0 fully saturated rings. The second-order valence-corrected chi connectivity index (χ2v) is 6.26. The SMILES string of the molecule is Cc1cc(NC(=O)c2n[nH]c3cncnc23)n(-c2cc(Cl)ccc2C)n1. The van der Waals surface area contributed by atoms with E-state index < -0.39 is 5.91 Å². The second-order valence-electron chi connectivity index (χ2n) is 5.82. The molecule has 0 aliphatic heterocycles. The van der Waals surface area contributed by atoms with Crippen LogP contribution in [-0.2, 0) is 0 Å². The van der Waals surface area contributed by atoms with Gasteiger partial charge in [0, 0.05) is 11.1 Å². The van der Waals surface area contributed by atoms with Gasteiger partial charge in [-0.1, -0.05) is 17.7 Å². The first-order valence-corrected chi connectivity index (χ1v) is 8.19. The number of amides is 1. The normalized spacial score (nSPS) is 11.0. The Labute approximate surface area is 153 Å². The van der Waals surface area contributed by atoms with Crippen LogP contribution in [0.5, 0.6) is 0 Å². The summed E-state index contributed by atoms with van der Waals surface area (Å²) in [7, 11) is 0. The number of nitrogens with one attached hydrogen (secondary N) is 2. The number of carbonyl (C=O) groups is 1. The summed E-state index contributed by atoms with van der Waals surface area (Å²) in [6, 6.07) is 7.29. The molecular formula is C17H14ClN7O. The van der Waals surface area contributed by atoms with Crippen molar-refractivity contribution in [3.63, 3.8) is 0 Å². The van der Waals surface area contributed by atoms with Crippen molar-refractivity contribution in [3.8, 4) is 5.69 Å². The van der Waals surface area contributed by atoms with E-state index in [9.17, 15) is 4.79 Å². The van der Waals surface area contributed by atoms with E-state index in [1.54, 1.807) is 23.0 Å². The Morgan fingerprint density at radius 3 is 2.96 bits per heavy atom. The minimum atomic E-state index is -0.393. The molecule has 26 heavy (non-hydrogen) atoms. The van der Waals surface area contributed by atoms with Gasteiger partial charge in [0.1, 0.15) is 23.2 Å². The fourth-order valence-electron chi connectivity index (χ4n) is 2.69. The summed E-state index contributed by atoms with van der Waals surface area (Å²) >= 11 is 6.12. The van der Waals surface area contributed by atoms with Gasteiger partial charge in [0.15, 0.2) is 5.69 Å². The van der Waals surface area contributed by atoms with Gasteiger partial charge < -0.3 is 5.32 Å². The average Bonchev–Trinajstić information content (AvgIpc) is 3.20. The molecule has 1 amide bonds. The number of hydrogen-bond donors (Lipinski definition) is 2. The third-order valence-corrected chi connectivity index (χ3v) is 4.15. The molecule has 3 heterocycles. The van der Waals surface area contributed by atoms with Crippen molar-refractivity contribution < 1.29 is 4.79 Å². The van der Waals surface area contributed by atoms with Crippen molar-refractivity contribution >= 4 is 34.4 Å². The van der Waals surface area contributed by atoms with E-state index in [1.165, 1.54) is 6.33 Å². The van der Waals surface area contributed by atoms with Crippen molar-refractivity contribution in [3.05, 3.63) is 58.8 Å². The van der Waals surface area contributed by atoms with E-state index in [2.05, 4.69) is 30.6 Å². The average molecular weight is 368 g/mol. The summed E-state index contributed by atoms with van der Waals surface area (Å²) in [6.45, 7) is 3.80. The first-order chi connectivity index (χ1) is 12.5. The fraction of sp³-hybridized carbons (Fsp3) is 0.118. The Balaban J connectivity index is 1.73. The van der Waals surface area contributed by atoms with Gasteiger partial charge in [-0.2, -0.15) is 10.2 Å². The first kappa shape index (κ1) is 16.2. The molecule has 0 aliphatic carbocycles. The number of hydrogen-bond acceptors (Lipinski definition) is 5. The van der Waals surface area contributed by atoms with Gasteiger partial charge in [0.25, 0.3) is 5.91 Å². The van der Waals surface area contributed by atoms with E-state index in [0.717, 1.165) is 16.9 Å². The molecular weight excluding hydrogens is 354 g/mol. The van der Waals surface area contributed by atoms with Crippen LogP contribution in [-0.4, -0.2) is 35.9 Å². The van der Waals surface area contributed by atoms with Crippen LogP contribution < -0.4 is 5.32 Å². The molecule has 4 rings (SSSR count). The van der Waals surface area contributed by atoms with Crippen LogP contribution in [0, 0.1) is 13.8 Å². The molecule has 0 aliphatic rings. The van der Waals surface area contributed by atoms with Gasteiger partial charge in [0.2, 0.25) is 0 Å². The zero-order chi connectivity index (χ0) is 18.3. The lowest BCUT2D eigenvalue weighted by atomic mass is 10.2. The number of anilines is 1. The standard InChI is InChI=1S/C17H14ClN7O/c1-9-3-4-11(18)6-13(9)25-14(5-10(2)24-25)21-17(26)16-15-12(22-23-16)7-19-8-20-15/h3-8H,1-2H3,(H,21,26)(H,22,23). The monoisotopic (exact) mass is 367 g/mol. The summed E-state index contributed by atoms with van der Waals surface area (Å²) in [6.07, 6.45) is 2.94. The van der Waals surface area contributed by atoms with E-state index in [4.69, 9.17) is 11.6 Å². The number of aromatic amines is 1. The zero-order valence-electron chi connectivity index (χ0n) is 14.0. The molecule has 2 N–H and O–H groups in total. The van der Waals surface area contributed by atoms with Crippen LogP contribution in [0.2, 0.25) is 5.02 Å². The number of aromatic nitrogens is 6. The molecule has 0 saturated carbocycles. The van der Waals surface area contributed by atoms with Crippen LogP contribution >= 0.6 is 11.6 Å². The number of carbonyl (C=O) groups excluding carboxylic acids is 1. The molecule has 0 bridgehead atoms. The third kappa shape index (κ3) is 2.80. The highest BCUT2D eigenvalue weighted by Crippen LogP contribution is 2.24. The van der Waals surface area contributed by atoms with Gasteiger partial charge in [-0.05, 0) is 31.5 Å². The minimum absolute atomic E-state index is 0.190. The number of halogens is 1. The van der Waals surface area contributed by atoms with Crippen molar-refractivity contribution in [2.24, 2.45) is 0 Å². The molecule has 0 radical (unpaired) electrons. The van der Waals surface area contributed by atoms with Gasteiger partial charge in [-0.3, -0.25) is 9.89 Å². The van der Waals surface area contributed by atoms with Crippen LogP contribution in [0.1, 0.15) is 21.7 Å². The third-order valence-electron chi connectivity index (χ3n) is 3.91.